The van der Waals surface area contributed by atoms with Crippen LogP contribution in [0, 0.1) is 13.8 Å². The number of nitrogens with one attached hydrogen (secondary N) is 1. The minimum atomic E-state index is -1.11. The van der Waals surface area contributed by atoms with Crippen LogP contribution in [0.25, 0.3) is 11.3 Å². The number of aryl methyl sites for hydroxylation is 2. The maximum atomic E-state index is 12.1. The van der Waals surface area contributed by atoms with E-state index in [1.165, 1.54) is 18.3 Å². The first-order valence-corrected chi connectivity index (χ1v) is 9.22. The van der Waals surface area contributed by atoms with Crippen molar-refractivity contribution in [2.45, 2.75) is 20.3 Å². The monoisotopic (exact) mass is 410 g/mol. The minimum Gasteiger partial charge on any atom is -0.478 e. The van der Waals surface area contributed by atoms with Crippen molar-refractivity contribution < 1.29 is 19.1 Å². The molecule has 7 heteroatoms. The van der Waals surface area contributed by atoms with Crippen LogP contribution >= 0.6 is 11.6 Å². The number of carbonyl (C=O) groups is 2. The fourth-order valence-electron chi connectivity index (χ4n) is 2.84. The Balaban J connectivity index is 1.64. The van der Waals surface area contributed by atoms with E-state index >= 15 is 0 Å². The van der Waals surface area contributed by atoms with Gasteiger partial charge in [0.2, 0.25) is 5.91 Å². The first kappa shape index (κ1) is 20.4. The average Bonchev–Trinajstić information content (AvgIpc) is 3.13. The van der Waals surface area contributed by atoms with Crippen molar-refractivity contribution in [1.82, 2.24) is 5.43 Å². The second-order valence-corrected chi connectivity index (χ2v) is 7.01. The summed E-state index contributed by atoms with van der Waals surface area (Å²) in [5.41, 5.74) is 6.20. The highest BCUT2D eigenvalue weighted by Crippen LogP contribution is 2.26. The van der Waals surface area contributed by atoms with E-state index in [-0.39, 0.29) is 22.9 Å². The maximum absolute atomic E-state index is 12.1. The van der Waals surface area contributed by atoms with Gasteiger partial charge in [0, 0.05) is 5.56 Å². The number of halogens is 1. The lowest BCUT2D eigenvalue weighted by molar-refractivity contribution is -0.120. The summed E-state index contributed by atoms with van der Waals surface area (Å²) >= 11 is 5.88. The molecule has 3 aromatic rings. The largest absolute Gasteiger partial charge is 0.478 e. The minimum absolute atomic E-state index is 0.00514. The summed E-state index contributed by atoms with van der Waals surface area (Å²) in [7, 11) is 0. The number of rotatable bonds is 6. The number of hydrazone groups is 1. The molecule has 0 aliphatic rings. The molecule has 1 aromatic heterocycles. The molecule has 0 aliphatic carbocycles. The fraction of sp³-hybridized carbons (Fsp3) is 0.136. The zero-order valence-corrected chi connectivity index (χ0v) is 16.7. The molecule has 0 saturated heterocycles. The normalized spacial score (nSPS) is 11.0. The van der Waals surface area contributed by atoms with Gasteiger partial charge in [0.15, 0.2) is 0 Å². The Morgan fingerprint density at radius 2 is 1.93 bits per heavy atom. The molecule has 0 saturated carbocycles. The molecule has 0 spiro atoms. The number of carboxylic acid groups (broad SMARTS) is 1. The van der Waals surface area contributed by atoms with Crippen molar-refractivity contribution in [2.24, 2.45) is 5.10 Å². The SMILES string of the molecule is Cc1ccc(CC(=O)N/N=C\c2ccc(-c3ccc(Cl)c(C(=O)O)c3)o2)c(C)c1. The van der Waals surface area contributed by atoms with Crippen LogP contribution in [0.1, 0.15) is 32.8 Å². The zero-order valence-electron chi connectivity index (χ0n) is 15.9. The average molecular weight is 411 g/mol. The zero-order chi connectivity index (χ0) is 21.0. The first-order chi connectivity index (χ1) is 13.8. The fourth-order valence-corrected chi connectivity index (χ4v) is 3.04. The molecule has 0 bridgehead atoms. The van der Waals surface area contributed by atoms with Crippen LogP contribution in [0.15, 0.2) is 58.0 Å². The Morgan fingerprint density at radius 1 is 1.14 bits per heavy atom. The number of aromatic carboxylic acids is 1. The molecule has 1 amide bonds. The molecule has 2 aromatic carbocycles. The van der Waals surface area contributed by atoms with Crippen molar-refractivity contribution in [3.05, 3.63) is 81.6 Å². The third-order valence-electron chi connectivity index (χ3n) is 4.34. The summed E-state index contributed by atoms with van der Waals surface area (Å²) in [6, 6.07) is 13.9. The van der Waals surface area contributed by atoms with E-state index in [1.54, 1.807) is 18.2 Å². The van der Waals surface area contributed by atoms with Gasteiger partial charge in [-0.15, -0.1) is 0 Å². The van der Waals surface area contributed by atoms with Gasteiger partial charge in [-0.2, -0.15) is 5.10 Å². The van der Waals surface area contributed by atoms with E-state index < -0.39 is 5.97 Å². The smallest absolute Gasteiger partial charge is 0.337 e. The molecule has 0 atom stereocenters. The predicted octanol–water partition coefficient (Wildman–Crippen LogP) is 4.61. The van der Waals surface area contributed by atoms with Crippen molar-refractivity contribution in [2.75, 3.05) is 0 Å². The Morgan fingerprint density at radius 3 is 2.66 bits per heavy atom. The predicted molar refractivity (Wildman–Crippen MR) is 111 cm³/mol. The van der Waals surface area contributed by atoms with Gasteiger partial charge in [-0.05, 0) is 55.3 Å². The molecular weight excluding hydrogens is 392 g/mol. The summed E-state index contributed by atoms with van der Waals surface area (Å²) in [6.07, 6.45) is 1.62. The maximum Gasteiger partial charge on any atom is 0.337 e. The van der Waals surface area contributed by atoms with Gasteiger partial charge in [-0.1, -0.05) is 35.4 Å². The Bertz CT molecular complexity index is 1100. The molecule has 148 valence electrons. The number of hydrogen-bond donors (Lipinski definition) is 2. The number of carbonyl (C=O) groups excluding carboxylic acids is 1. The highest BCUT2D eigenvalue weighted by Gasteiger charge is 2.12. The van der Waals surface area contributed by atoms with Crippen LogP contribution in [0.4, 0.5) is 0 Å². The first-order valence-electron chi connectivity index (χ1n) is 8.84. The second kappa shape index (κ2) is 8.75. The topological polar surface area (TPSA) is 91.9 Å². The molecule has 1 heterocycles. The quantitative estimate of drug-likeness (QED) is 0.458. The van der Waals surface area contributed by atoms with Gasteiger partial charge in [-0.25, -0.2) is 10.2 Å². The molecule has 3 rings (SSSR count). The van der Waals surface area contributed by atoms with Crippen LogP contribution < -0.4 is 5.43 Å². The van der Waals surface area contributed by atoms with Gasteiger partial charge in [0.1, 0.15) is 11.5 Å². The van der Waals surface area contributed by atoms with Crippen LogP contribution in [0.2, 0.25) is 5.02 Å². The lowest BCUT2D eigenvalue weighted by atomic mass is 10.0. The van der Waals surface area contributed by atoms with E-state index in [0.29, 0.717) is 17.1 Å². The Hall–Kier alpha value is -3.38. The van der Waals surface area contributed by atoms with E-state index in [0.717, 1.165) is 16.7 Å². The molecule has 29 heavy (non-hydrogen) atoms. The van der Waals surface area contributed by atoms with Crippen molar-refractivity contribution in [1.29, 1.82) is 0 Å². The summed E-state index contributed by atoms with van der Waals surface area (Å²) in [4.78, 5) is 23.3. The highest BCUT2D eigenvalue weighted by molar-refractivity contribution is 6.33. The van der Waals surface area contributed by atoms with E-state index in [9.17, 15) is 14.7 Å². The number of hydrogen-bond acceptors (Lipinski definition) is 4. The Labute approximate surface area is 172 Å². The second-order valence-electron chi connectivity index (χ2n) is 6.60. The number of carboxylic acids is 1. The molecule has 6 nitrogen and oxygen atoms in total. The van der Waals surface area contributed by atoms with Crippen LogP contribution in [0.3, 0.4) is 0 Å². The van der Waals surface area contributed by atoms with Gasteiger partial charge in [-0.3, -0.25) is 4.79 Å². The van der Waals surface area contributed by atoms with Crippen molar-refractivity contribution in [3.8, 4) is 11.3 Å². The molecule has 0 radical (unpaired) electrons. The van der Waals surface area contributed by atoms with E-state index in [2.05, 4.69) is 10.5 Å². The summed E-state index contributed by atoms with van der Waals surface area (Å²) in [6.45, 7) is 3.97. The third-order valence-corrected chi connectivity index (χ3v) is 4.67. The van der Waals surface area contributed by atoms with Crippen molar-refractivity contribution in [3.63, 3.8) is 0 Å². The van der Waals surface area contributed by atoms with E-state index in [1.807, 2.05) is 32.0 Å². The van der Waals surface area contributed by atoms with Crippen LogP contribution in [0.5, 0.6) is 0 Å². The number of furan rings is 1. The number of amides is 1. The van der Waals surface area contributed by atoms with Crippen LogP contribution in [-0.4, -0.2) is 23.2 Å². The Kier molecular flexibility index (Phi) is 6.14. The van der Waals surface area contributed by atoms with Gasteiger partial charge >= 0.3 is 5.97 Å². The standard InChI is InChI=1S/C22H19ClN2O4/c1-13-3-4-15(14(2)9-13)11-21(26)25-24-12-17-6-8-20(29-17)16-5-7-19(23)18(10-16)22(27)28/h3-10,12H,11H2,1-2H3,(H,25,26)(H,27,28)/b24-12-. The molecule has 0 fully saturated rings. The summed E-state index contributed by atoms with van der Waals surface area (Å²) in [5.74, 6) is -0.466. The van der Waals surface area contributed by atoms with Crippen molar-refractivity contribution >= 4 is 29.7 Å². The molecule has 2 N–H and O–H groups in total. The van der Waals surface area contributed by atoms with Gasteiger partial charge in [0.25, 0.3) is 0 Å². The highest BCUT2D eigenvalue weighted by atomic mass is 35.5. The summed E-state index contributed by atoms with van der Waals surface area (Å²) < 4.78 is 5.64. The van der Waals surface area contributed by atoms with Gasteiger partial charge in [0.05, 0.1) is 23.2 Å². The lowest BCUT2D eigenvalue weighted by Crippen LogP contribution is -2.20. The van der Waals surface area contributed by atoms with Gasteiger partial charge < -0.3 is 9.52 Å². The molecule has 0 aliphatic heterocycles. The molecule has 0 unspecified atom stereocenters. The summed E-state index contributed by atoms with van der Waals surface area (Å²) in [5, 5.41) is 13.2. The number of benzene rings is 2. The van der Waals surface area contributed by atoms with Crippen LogP contribution in [-0.2, 0) is 11.2 Å². The van der Waals surface area contributed by atoms with E-state index in [4.69, 9.17) is 16.0 Å². The lowest BCUT2D eigenvalue weighted by Gasteiger charge is -2.05. The third kappa shape index (κ3) is 5.12. The number of nitrogens with zero attached hydrogens (tertiary/aromatic N) is 1. The molecular formula is C22H19ClN2O4.